The Balaban J connectivity index is 1.88. The van der Waals surface area contributed by atoms with E-state index in [-0.39, 0.29) is 4.32 Å². The first-order valence-corrected chi connectivity index (χ1v) is 10.8. The zero-order valence-electron chi connectivity index (χ0n) is 17.2. The fraction of sp³-hybridized carbons (Fsp3) is 0.174. The summed E-state index contributed by atoms with van der Waals surface area (Å²) in [6, 6.07) is 12.4. The van der Waals surface area contributed by atoms with Gasteiger partial charge < -0.3 is 9.47 Å². The third kappa shape index (κ3) is 5.15. The summed E-state index contributed by atoms with van der Waals surface area (Å²) in [6.07, 6.45) is 4.08. The molecule has 1 N–H and O–H groups in total. The van der Waals surface area contributed by atoms with Gasteiger partial charge in [-0.25, -0.2) is 0 Å². The van der Waals surface area contributed by atoms with Gasteiger partial charge >= 0.3 is 0 Å². The van der Waals surface area contributed by atoms with Crippen molar-refractivity contribution >= 4 is 46.2 Å². The quantitative estimate of drug-likeness (QED) is 0.363. The van der Waals surface area contributed by atoms with E-state index in [1.165, 1.54) is 0 Å². The number of methoxy groups -OCH3 is 1. The lowest BCUT2D eigenvalue weighted by atomic mass is 10.0. The van der Waals surface area contributed by atoms with Crippen LogP contribution in [0, 0.1) is 0 Å². The van der Waals surface area contributed by atoms with Gasteiger partial charge in [0, 0.05) is 11.1 Å². The highest BCUT2D eigenvalue weighted by atomic mass is 32.2. The Hall–Kier alpha value is -3.10. The molecule has 160 valence electrons. The average molecular weight is 455 g/mol. The smallest absolute Gasteiger partial charge is 0.285 e. The van der Waals surface area contributed by atoms with Crippen molar-refractivity contribution in [2.24, 2.45) is 0 Å². The van der Waals surface area contributed by atoms with Crippen molar-refractivity contribution in [2.75, 3.05) is 13.7 Å². The van der Waals surface area contributed by atoms with Crippen LogP contribution in [0.25, 0.3) is 6.08 Å². The molecule has 0 aromatic heterocycles. The van der Waals surface area contributed by atoms with Crippen LogP contribution in [0.5, 0.6) is 11.5 Å². The minimum Gasteiger partial charge on any atom is -0.493 e. The van der Waals surface area contributed by atoms with Crippen molar-refractivity contribution in [1.29, 1.82) is 0 Å². The molecule has 0 bridgehead atoms. The number of thioether (sulfide) groups is 1. The molecule has 1 saturated heterocycles. The van der Waals surface area contributed by atoms with Gasteiger partial charge in [-0.05, 0) is 61.5 Å². The number of allylic oxidation sites excluding steroid dienone is 1. The highest BCUT2D eigenvalue weighted by molar-refractivity contribution is 8.26. The molecule has 1 heterocycles. The summed E-state index contributed by atoms with van der Waals surface area (Å²) in [5.41, 5.74) is 4.66. The first-order chi connectivity index (χ1) is 15.0. The van der Waals surface area contributed by atoms with E-state index in [0.29, 0.717) is 35.0 Å². The van der Waals surface area contributed by atoms with E-state index in [0.717, 1.165) is 27.9 Å². The standard InChI is InChI=1S/C23H22N2O4S2/c1-4-9-17-12-15(13-18(29-5-2)20(17)28-3)14-19-22(27)25(23(30)31-19)24-21(26)16-10-7-6-8-11-16/h4,6-8,10-14H,1,5,9H2,2-3H3,(H,24,26)/b19-14-. The van der Waals surface area contributed by atoms with Gasteiger partial charge in [-0.3, -0.25) is 15.0 Å². The highest BCUT2D eigenvalue weighted by Gasteiger charge is 2.34. The number of carbonyl (C=O) groups is 2. The number of hydrazine groups is 1. The van der Waals surface area contributed by atoms with Crippen LogP contribution < -0.4 is 14.9 Å². The predicted octanol–water partition coefficient (Wildman–Crippen LogP) is 4.37. The predicted molar refractivity (Wildman–Crippen MR) is 127 cm³/mol. The van der Waals surface area contributed by atoms with Crippen molar-refractivity contribution in [3.63, 3.8) is 0 Å². The van der Waals surface area contributed by atoms with Crippen LogP contribution in [0.2, 0.25) is 0 Å². The molecule has 0 atom stereocenters. The van der Waals surface area contributed by atoms with E-state index in [9.17, 15) is 9.59 Å². The molecule has 0 saturated carbocycles. The van der Waals surface area contributed by atoms with E-state index in [2.05, 4.69) is 12.0 Å². The molecule has 6 nitrogen and oxygen atoms in total. The topological polar surface area (TPSA) is 67.9 Å². The summed E-state index contributed by atoms with van der Waals surface area (Å²) in [7, 11) is 1.59. The fourth-order valence-corrected chi connectivity index (χ4v) is 4.22. The number of benzene rings is 2. The van der Waals surface area contributed by atoms with E-state index in [1.807, 2.05) is 25.1 Å². The van der Waals surface area contributed by atoms with E-state index in [4.69, 9.17) is 21.7 Å². The Labute approximate surface area is 190 Å². The zero-order chi connectivity index (χ0) is 22.4. The second-order valence-electron chi connectivity index (χ2n) is 6.46. The number of amides is 2. The molecule has 2 aromatic rings. The minimum absolute atomic E-state index is 0.255. The summed E-state index contributed by atoms with van der Waals surface area (Å²) in [4.78, 5) is 25.7. The first-order valence-electron chi connectivity index (χ1n) is 9.57. The van der Waals surface area contributed by atoms with Gasteiger partial charge in [0.15, 0.2) is 15.8 Å². The van der Waals surface area contributed by atoms with Gasteiger partial charge in [-0.1, -0.05) is 36.0 Å². The molecular formula is C23H22N2O4S2. The van der Waals surface area contributed by atoms with Crippen molar-refractivity contribution < 1.29 is 19.1 Å². The number of nitrogens with one attached hydrogen (secondary N) is 1. The molecular weight excluding hydrogens is 432 g/mol. The van der Waals surface area contributed by atoms with Gasteiger partial charge in [0.1, 0.15) is 0 Å². The van der Waals surface area contributed by atoms with Crippen LogP contribution in [0.1, 0.15) is 28.4 Å². The lowest BCUT2D eigenvalue weighted by Gasteiger charge is -2.15. The summed E-state index contributed by atoms with van der Waals surface area (Å²) in [5, 5.41) is 1.10. The van der Waals surface area contributed by atoms with Crippen LogP contribution in [-0.2, 0) is 11.2 Å². The number of nitrogens with zero attached hydrogens (tertiary/aromatic N) is 1. The number of hydrogen-bond acceptors (Lipinski definition) is 6. The Morgan fingerprint density at radius 3 is 2.68 bits per heavy atom. The van der Waals surface area contributed by atoms with Crippen molar-refractivity contribution in [2.45, 2.75) is 13.3 Å². The van der Waals surface area contributed by atoms with Crippen molar-refractivity contribution in [3.8, 4) is 11.5 Å². The molecule has 0 unspecified atom stereocenters. The maximum absolute atomic E-state index is 12.9. The maximum atomic E-state index is 12.9. The minimum atomic E-state index is -0.408. The van der Waals surface area contributed by atoms with Crippen LogP contribution in [0.3, 0.4) is 0 Å². The fourth-order valence-electron chi connectivity index (χ4n) is 3.04. The van der Waals surface area contributed by atoms with Crippen LogP contribution >= 0.6 is 24.0 Å². The van der Waals surface area contributed by atoms with E-state index in [1.54, 1.807) is 43.5 Å². The Bertz CT molecular complexity index is 1050. The maximum Gasteiger partial charge on any atom is 0.285 e. The van der Waals surface area contributed by atoms with Crippen LogP contribution in [0.4, 0.5) is 0 Å². The number of hydrogen-bond donors (Lipinski definition) is 1. The molecule has 1 aliphatic rings. The third-order valence-corrected chi connectivity index (χ3v) is 5.67. The lowest BCUT2D eigenvalue weighted by Crippen LogP contribution is -2.44. The second kappa shape index (κ2) is 10.3. The number of carbonyl (C=O) groups excluding carboxylic acids is 2. The number of ether oxygens (including phenoxy) is 2. The van der Waals surface area contributed by atoms with Gasteiger partial charge in [-0.15, -0.1) is 6.58 Å². The Kier molecular flexibility index (Phi) is 7.49. The van der Waals surface area contributed by atoms with Gasteiger partial charge in [-0.2, -0.15) is 5.01 Å². The molecule has 8 heteroatoms. The molecule has 0 spiro atoms. The van der Waals surface area contributed by atoms with E-state index < -0.39 is 11.8 Å². The van der Waals surface area contributed by atoms with Crippen molar-refractivity contribution in [3.05, 3.63) is 76.7 Å². The van der Waals surface area contributed by atoms with Gasteiger partial charge in [0.25, 0.3) is 11.8 Å². The molecule has 0 radical (unpaired) electrons. The van der Waals surface area contributed by atoms with E-state index >= 15 is 0 Å². The first kappa shape index (κ1) is 22.6. The molecule has 0 aliphatic carbocycles. The molecule has 1 fully saturated rings. The number of thiocarbonyl (C=S) groups is 1. The Morgan fingerprint density at radius 2 is 2.03 bits per heavy atom. The lowest BCUT2D eigenvalue weighted by molar-refractivity contribution is -0.123. The largest absolute Gasteiger partial charge is 0.493 e. The Morgan fingerprint density at radius 1 is 1.29 bits per heavy atom. The summed E-state index contributed by atoms with van der Waals surface area (Å²) in [6.45, 7) is 6.15. The van der Waals surface area contributed by atoms with Crippen LogP contribution in [-0.4, -0.2) is 34.9 Å². The molecule has 31 heavy (non-hydrogen) atoms. The van der Waals surface area contributed by atoms with Gasteiger partial charge in [0.2, 0.25) is 0 Å². The second-order valence-corrected chi connectivity index (χ2v) is 8.14. The zero-order valence-corrected chi connectivity index (χ0v) is 18.8. The third-order valence-electron chi connectivity index (χ3n) is 4.36. The molecule has 1 aliphatic heterocycles. The highest BCUT2D eigenvalue weighted by Crippen LogP contribution is 2.36. The van der Waals surface area contributed by atoms with Crippen molar-refractivity contribution in [1.82, 2.24) is 10.4 Å². The average Bonchev–Trinajstić information content (AvgIpc) is 3.02. The summed E-state index contributed by atoms with van der Waals surface area (Å²) in [5.74, 6) is 0.429. The van der Waals surface area contributed by atoms with Gasteiger partial charge in [0.05, 0.1) is 18.6 Å². The monoisotopic (exact) mass is 454 g/mol. The summed E-state index contributed by atoms with van der Waals surface area (Å²) >= 11 is 6.43. The normalized spacial score (nSPS) is 14.6. The number of rotatable bonds is 8. The van der Waals surface area contributed by atoms with Crippen LogP contribution in [0.15, 0.2) is 60.0 Å². The molecule has 2 aromatic carbocycles. The molecule has 2 amide bonds. The molecule has 3 rings (SSSR count). The SMILES string of the molecule is C=CCc1cc(/C=C2\SC(=S)N(NC(=O)c3ccccc3)C2=O)cc(OCC)c1OC. The summed E-state index contributed by atoms with van der Waals surface area (Å²) < 4.78 is 11.5.